The van der Waals surface area contributed by atoms with Crippen LogP contribution in [0.25, 0.3) is 55.6 Å². The normalized spacial score (nSPS) is 15.0. The van der Waals surface area contributed by atoms with Gasteiger partial charge in [-0.25, -0.2) is 0 Å². The summed E-state index contributed by atoms with van der Waals surface area (Å²) >= 11 is 3.58. The number of aryl methyl sites for hydroxylation is 1. The number of fused-ring (bicyclic) bond motifs is 6. The molecule has 0 heterocycles. The molecule has 0 spiro atoms. The molecule has 0 nitrogen and oxygen atoms in total. The molecule has 0 amide bonds. The average Bonchev–Trinajstić information content (AvgIpc) is 3.59. The molecule has 1 atom stereocenters. The van der Waals surface area contributed by atoms with Crippen molar-refractivity contribution in [2.24, 2.45) is 0 Å². The maximum Gasteiger partial charge on any atom is 0.0175 e. The quantitative estimate of drug-likeness (QED) is 0.163. The zero-order valence-corrected chi connectivity index (χ0v) is 29.5. The van der Waals surface area contributed by atoms with Crippen LogP contribution in [0.2, 0.25) is 0 Å². The Labute approximate surface area is 298 Å². The fraction of sp³-hybridized carbons (Fsp3) is 0.125. The van der Waals surface area contributed by atoms with Crippen molar-refractivity contribution in [1.29, 1.82) is 0 Å². The molecule has 0 saturated carbocycles. The molecule has 0 fully saturated rings. The van der Waals surface area contributed by atoms with Gasteiger partial charge in [-0.1, -0.05) is 157 Å². The molecule has 49 heavy (non-hydrogen) atoms. The first-order valence-electron chi connectivity index (χ1n) is 17.4. The molecule has 0 bridgehead atoms. The molecule has 0 N–H and O–H groups in total. The van der Waals surface area contributed by atoms with E-state index in [1.54, 1.807) is 0 Å². The molecule has 0 radical (unpaired) electrons. The molecule has 1 unspecified atom stereocenters. The summed E-state index contributed by atoms with van der Waals surface area (Å²) in [6, 6.07) is 58.7. The highest BCUT2D eigenvalue weighted by Gasteiger charge is 2.37. The van der Waals surface area contributed by atoms with Gasteiger partial charge in [0, 0.05) is 15.8 Å². The van der Waals surface area contributed by atoms with Crippen LogP contribution >= 0.6 is 15.9 Å². The molecule has 2 aliphatic rings. The first-order chi connectivity index (χ1) is 24.0. The van der Waals surface area contributed by atoms with Crippen molar-refractivity contribution in [2.45, 2.75) is 38.0 Å². The van der Waals surface area contributed by atoms with Crippen LogP contribution in [0.5, 0.6) is 0 Å². The highest BCUT2D eigenvalue weighted by atomic mass is 79.9. The second-order valence-electron chi connectivity index (χ2n) is 14.2. The fourth-order valence-electron chi connectivity index (χ4n) is 8.64. The van der Waals surface area contributed by atoms with Gasteiger partial charge in [0.05, 0.1) is 0 Å². The minimum atomic E-state index is -0.00171. The van der Waals surface area contributed by atoms with E-state index >= 15 is 0 Å². The molecule has 7 aromatic rings. The lowest BCUT2D eigenvalue weighted by Gasteiger charge is -2.25. The minimum Gasteiger partial charge on any atom is -0.0622 e. The van der Waals surface area contributed by atoms with Crippen LogP contribution < -0.4 is 0 Å². The lowest BCUT2D eigenvalue weighted by molar-refractivity contribution is 0.640. The Bertz CT molecular complexity index is 2360. The number of hydrogen-bond acceptors (Lipinski definition) is 0. The number of hydrogen-bond donors (Lipinski definition) is 0. The second kappa shape index (κ2) is 11.9. The Balaban J connectivity index is 1.11. The summed E-state index contributed by atoms with van der Waals surface area (Å²) in [7, 11) is 0. The molecule has 236 valence electrons. The minimum absolute atomic E-state index is 0.00171. The summed E-state index contributed by atoms with van der Waals surface area (Å²) in [6.07, 6.45) is 2.12. The average molecular weight is 694 g/mol. The van der Waals surface area contributed by atoms with Gasteiger partial charge in [-0.2, -0.15) is 0 Å². The predicted octanol–water partition coefficient (Wildman–Crippen LogP) is 13.5. The lowest BCUT2D eigenvalue weighted by Crippen LogP contribution is -2.17. The van der Waals surface area contributed by atoms with E-state index in [-0.39, 0.29) is 5.41 Å². The van der Waals surface area contributed by atoms with Crippen LogP contribution in [0.1, 0.15) is 54.0 Å². The van der Waals surface area contributed by atoms with E-state index in [2.05, 4.69) is 188 Å². The van der Waals surface area contributed by atoms with Crippen molar-refractivity contribution in [1.82, 2.24) is 0 Å². The van der Waals surface area contributed by atoms with Gasteiger partial charge in [0.2, 0.25) is 0 Å². The zero-order valence-electron chi connectivity index (χ0n) is 27.9. The van der Waals surface area contributed by atoms with Crippen LogP contribution in [0.4, 0.5) is 0 Å². The summed E-state index contributed by atoms with van der Waals surface area (Å²) in [5.74, 6) is 0.348. The van der Waals surface area contributed by atoms with Gasteiger partial charge >= 0.3 is 0 Å². The Morgan fingerprint density at radius 1 is 0.469 bits per heavy atom. The maximum absolute atomic E-state index is 3.58. The SMILES string of the molecule is CC1(C)c2ccccc2-c2cccc(CCC3c4ccc(-c5ccccc5)cc4-c4cc(-c5cccc(-c6ccc(Br)cc6)c5)ccc43)c21. The van der Waals surface area contributed by atoms with E-state index in [1.165, 1.54) is 83.5 Å². The van der Waals surface area contributed by atoms with Crippen LogP contribution in [0.15, 0.2) is 162 Å². The van der Waals surface area contributed by atoms with Gasteiger partial charge in [-0.05, 0) is 127 Å². The van der Waals surface area contributed by atoms with Crippen molar-refractivity contribution >= 4 is 15.9 Å². The highest BCUT2D eigenvalue weighted by Crippen LogP contribution is 2.52. The molecule has 0 saturated heterocycles. The zero-order chi connectivity index (χ0) is 33.1. The molecular weight excluding hydrogens is 656 g/mol. The summed E-state index contributed by atoms with van der Waals surface area (Å²) in [5.41, 5.74) is 20.4. The molecule has 7 aromatic carbocycles. The predicted molar refractivity (Wildman–Crippen MR) is 210 cm³/mol. The van der Waals surface area contributed by atoms with E-state index in [4.69, 9.17) is 0 Å². The molecule has 2 aliphatic carbocycles. The van der Waals surface area contributed by atoms with Crippen LogP contribution in [0, 0.1) is 0 Å². The third-order valence-electron chi connectivity index (χ3n) is 11.0. The van der Waals surface area contributed by atoms with Crippen LogP contribution in [-0.4, -0.2) is 0 Å². The monoisotopic (exact) mass is 692 g/mol. The van der Waals surface area contributed by atoms with Gasteiger partial charge < -0.3 is 0 Å². The molecular formula is C48H37Br. The highest BCUT2D eigenvalue weighted by molar-refractivity contribution is 9.10. The van der Waals surface area contributed by atoms with E-state index in [0.717, 1.165) is 17.3 Å². The molecule has 0 aliphatic heterocycles. The Morgan fingerprint density at radius 3 is 1.73 bits per heavy atom. The van der Waals surface area contributed by atoms with E-state index in [9.17, 15) is 0 Å². The molecule has 9 rings (SSSR count). The topological polar surface area (TPSA) is 0 Å². The van der Waals surface area contributed by atoms with E-state index in [1.807, 2.05) is 0 Å². The van der Waals surface area contributed by atoms with Crippen molar-refractivity contribution in [3.05, 3.63) is 190 Å². The summed E-state index contributed by atoms with van der Waals surface area (Å²) < 4.78 is 1.10. The fourth-order valence-corrected chi connectivity index (χ4v) is 8.91. The third kappa shape index (κ3) is 5.11. The van der Waals surface area contributed by atoms with Gasteiger partial charge in [0.25, 0.3) is 0 Å². The van der Waals surface area contributed by atoms with Crippen LogP contribution in [0.3, 0.4) is 0 Å². The largest absolute Gasteiger partial charge is 0.0622 e. The standard InChI is InChI=1S/C48H37Br/c1-48(2)46-17-7-6-15-42(46)43-16-9-12-33(47(43)48)20-25-39-40-26-21-36(31-10-4-3-5-11-31)29-44(40)45-30-37(22-27-41(39)45)35-14-8-13-34(28-35)32-18-23-38(49)24-19-32/h3-19,21-24,26-30,39H,20,25H2,1-2H3. The van der Waals surface area contributed by atoms with Crippen molar-refractivity contribution in [2.75, 3.05) is 0 Å². The summed E-state index contributed by atoms with van der Waals surface area (Å²) in [4.78, 5) is 0. The number of halogens is 1. The molecule has 1 heteroatoms. The Morgan fingerprint density at radius 2 is 1.00 bits per heavy atom. The Hall–Kier alpha value is -4.98. The van der Waals surface area contributed by atoms with Gasteiger partial charge in [-0.15, -0.1) is 0 Å². The lowest BCUT2D eigenvalue weighted by atomic mass is 9.78. The number of benzene rings is 7. The smallest absolute Gasteiger partial charge is 0.0175 e. The summed E-state index contributed by atoms with van der Waals surface area (Å²) in [6.45, 7) is 4.80. The third-order valence-corrected chi connectivity index (χ3v) is 11.5. The second-order valence-corrected chi connectivity index (χ2v) is 15.1. The first kappa shape index (κ1) is 30.1. The van der Waals surface area contributed by atoms with Gasteiger partial charge in [-0.3, -0.25) is 0 Å². The van der Waals surface area contributed by atoms with Crippen molar-refractivity contribution < 1.29 is 0 Å². The van der Waals surface area contributed by atoms with Crippen LogP contribution in [-0.2, 0) is 11.8 Å². The van der Waals surface area contributed by atoms with E-state index in [0.29, 0.717) is 5.92 Å². The molecule has 0 aromatic heterocycles. The summed E-state index contributed by atoms with van der Waals surface area (Å²) in [5, 5.41) is 0. The van der Waals surface area contributed by atoms with Gasteiger partial charge in [0.15, 0.2) is 0 Å². The first-order valence-corrected chi connectivity index (χ1v) is 18.2. The van der Waals surface area contributed by atoms with Crippen molar-refractivity contribution in [3.8, 4) is 55.6 Å². The Kier molecular flexibility index (Phi) is 7.29. The van der Waals surface area contributed by atoms with E-state index < -0.39 is 0 Å². The van der Waals surface area contributed by atoms with Crippen molar-refractivity contribution in [3.63, 3.8) is 0 Å². The maximum atomic E-state index is 3.58. The van der Waals surface area contributed by atoms with Gasteiger partial charge in [0.1, 0.15) is 0 Å². The number of rotatable bonds is 6.